The van der Waals surface area contributed by atoms with Gasteiger partial charge in [0, 0.05) is 24.7 Å². The average molecular weight is 337 g/mol. The highest BCUT2D eigenvalue weighted by atomic mass is 35.5. The summed E-state index contributed by atoms with van der Waals surface area (Å²) < 4.78 is 5.51. The molecule has 1 aromatic carbocycles. The largest absolute Gasteiger partial charge is 0.375 e. The molecule has 4 unspecified atom stereocenters. The minimum Gasteiger partial charge on any atom is -0.375 e. The molecule has 0 aromatic heterocycles. The van der Waals surface area contributed by atoms with Crippen molar-refractivity contribution in [2.24, 2.45) is 5.92 Å². The minimum absolute atomic E-state index is 0.0556. The molecule has 2 N–H and O–H groups in total. The van der Waals surface area contributed by atoms with Gasteiger partial charge >= 0.3 is 0 Å². The number of methoxy groups -OCH3 is 1. The third kappa shape index (κ3) is 4.06. The van der Waals surface area contributed by atoms with E-state index in [9.17, 15) is 4.79 Å². The van der Waals surface area contributed by atoms with E-state index in [1.54, 1.807) is 7.11 Å². The fourth-order valence-electron chi connectivity index (χ4n) is 3.88. The number of hydrogen-bond acceptors (Lipinski definition) is 3. The molecule has 1 saturated heterocycles. The van der Waals surface area contributed by atoms with E-state index in [4.69, 9.17) is 16.3 Å². The molecule has 3 rings (SSSR count). The maximum absolute atomic E-state index is 12.5. The van der Waals surface area contributed by atoms with Crippen LogP contribution < -0.4 is 10.6 Å². The first-order chi connectivity index (χ1) is 11.2. The molecule has 1 saturated carbocycles. The van der Waals surface area contributed by atoms with E-state index in [2.05, 4.69) is 10.6 Å². The molecule has 4 atom stereocenters. The SMILES string of the molecule is COC(CNC(=O)C1CC2CCCCC2N1)c1cccc(Cl)c1. The zero-order valence-electron chi connectivity index (χ0n) is 13.6. The molecule has 0 spiro atoms. The lowest BCUT2D eigenvalue weighted by atomic mass is 9.85. The number of benzene rings is 1. The van der Waals surface area contributed by atoms with E-state index in [0.717, 1.165) is 12.0 Å². The summed E-state index contributed by atoms with van der Waals surface area (Å²) in [5.74, 6) is 0.758. The summed E-state index contributed by atoms with van der Waals surface area (Å²) in [6.45, 7) is 0.461. The minimum atomic E-state index is -0.179. The second-order valence-electron chi connectivity index (χ2n) is 6.63. The Morgan fingerprint density at radius 3 is 3.00 bits per heavy atom. The van der Waals surface area contributed by atoms with Gasteiger partial charge in [-0.3, -0.25) is 4.79 Å². The van der Waals surface area contributed by atoms with Crippen LogP contribution >= 0.6 is 11.6 Å². The van der Waals surface area contributed by atoms with Crippen molar-refractivity contribution in [3.63, 3.8) is 0 Å². The summed E-state index contributed by atoms with van der Waals surface area (Å²) in [7, 11) is 1.65. The first kappa shape index (κ1) is 16.7. The van der Waals surface area contributed by atoms with Crippen LogP contribution in [0.3, 0.4) is 0 Å². The Morgan fingerprint density at radius 2 is 2.26 bits per heavy atom. The van der Waals surface area contributed by atoms with Gasteiger partial charge in [-0.1, -0.05) is 36.6 Å². The molecule has 1 aromatic rings. The Hall–Kier alpha value is -1.10. The van der Waals surface area contributed by atoms with Crippen LogP contribution in [0, 0.1) is 5.92 Å². The summed E-state index contributed by atoms with van der Waals surface area (Å²) in [5, 5.41) is 7.22. The second kappa shape index (κ2) is 7.65. The van der Waals surface area contributed by atoms with Gasteiger partial charge in [-0.15, -0.1) is 0 Å². The molecular weight excluding hydrogens is 312 g/mol. The van der Waals surface area contributed by atoms with Crippen molar-refractivity contribution in [3.8, 4) is 0 Å². The van der Waals surface area contributed by atoms with E-state index in [0.29, 0.717) is 23.5 Å². The fourth-order valence-corrected chi connectivity index (χ4v) is 4.08. The Morgan fingerprint density at radius 1 is 1.43 bits per heavy atom. The molecule has 2 aliphatic rings. The van der Waals surface area contributed by atoms with E-state index in [-0.39, 0.29) is 18.1 Å². The van der Waals surface area contributed by atoms with Gasteiger partial charge in [0.05, 0.1) is 12.1 Å². The summed E-state index contributed by atoms with van der Waals surface area (Å²) in [6.07, 6.45) is 5.83. The van der Waals surface area contributed by atoms with Crippen LogP contribution in [0.25, 0.3) is 0 Å². The average Bonchev–Trinajstić information content (AvgIpc) is 2.99. The van der Waals surface area contributed by atoms with E-state index >= 15 is 0 Å². The van der Waals surface area contributed by atoms with Crippen LogP contribution in [0.4, 0.5) is 0 Å². The molecular formula is C18H25ClN2O2. The summed E-state index contributed by atoms with van der Waals surface area (Å²) >= 11 is 6.03. The van der Waals surface area contributed by atoms with Gasteiger partial charge in [0.2, 0.25) is 5.91 Å². The van der Waals surface area contributed by atoms with Crippen molar-refractivity contribution in [2.75, 3.05) is 13.7 Å². The summed E-state index contributed by atoms with van der Waals surface area (Å²) in [4.78, 5) is 12.5. The molecule has 2 fully saturated rings. The van der Waals surface area contributed by atoms with E-state index in [1.165, 1.54) is 25.7 Å². The standard InChI is InChI=1S/C18H25ClN2O2/c1-23-17(13-6-4-7-14(19)9-13)11-20-18(22)16-10-12-5-2-3-8-15(12)21-16/h4,6-7,9,12,15-17,21H,2-3,5,8,10-11H2,1H3,(H,20,22). The van der Waals surface area contributed by atoms with Gasteiger partial charge in [0.15, 0.2) is 0 Å². The van der Waals surface area contributed by atoms with Crippen LogP contribution in [0.2, 0.25) is 5.02 Å². The lowest BCUT2D eigenvalue weighted by molar-refractivity contribution is -0.123. The van der Waals surface area contributed by atoms with Gasteiger partial charge in [-0.05, 0) is 42.9 Å². The predicted octanol–water partition coefficient (Wildman–Crippen LogP) is 3.06. The number of halogens is 1. The maximum atomic E-state index is 12.5. The van der Waals surface area contributed by atoms with Crippen molar-refractivity contribution in [3.05, 3.63) is 34.9 Å². The molecule has 5 heteroatoms. The van der Waals surface area contributed by atoms with Gasteiger partial charge in [-0.2, -0.15) is 0 Å². The number of ether oxygens (including phenoxy) is 1. The Bertz CT molecular complexity index is 538. The van der Waals surface area contributed by atoms with Crippen molar-refractivity contribution in [1.82, 2.24) is 10.6 Å². The normalized spacial score (nSPS) is 28.2. The summed E-state index contributed by atoms with van der Waals surface area (Å²) in [5.41, 5.74) is 0.980. The molecule has 0 bridgehead atoms. The third-order valence-corrected chi connectivity index (χ3v) is 5.38. The molecule has 1 aliphatic heterocycles. The van der Waals surface area contributed by atoms with Crippen LogP contribution in [0.5, 0.6) is 0 Å². The predicted molar refractivity (Wildman–Crippen MR) is 91.5 cm³/mol. The zero-order chi connectivity index (χ0) is 16.2. The van der Waals surface area contributed by atoms with Crippen molar-refractivity contribution >= 4 is 17.5 Å². The van der Waals surface area contributed by atoms with Crippen molar-refractivity contribution in [1.29, 1.82) is 0 Å². The van der Waals surface area contributed by atoms with Crippen molar-refractivity contribution < 1.29 is 9.53 Å². The number of carbonyl (C=O) groups is 1. The highest BCUT2D eigenvalue weighted by molar-refractivity contribution is 6.30. The number of rotatable bonds is 5. The number of nitrogens with one attached hydrogen (secondary N) is 2. The Balaban J connectivity index is 1.53. The molecule has 1 aliphatic carbocycles. The maximum Gasteiger partial charge on any atom is 0.237 e. The fraction of sp³-hybridized carbons (Fsp3) is 0.611. The first-order valence-corrected chi connectivity index (χ1v) is 8.87. The molecule has 23 heavy (non-hydrogen) atoms. The number of fused-ring (bicyclic) bond motifs is 1. The molecule has 126 valence electrons. The van der Waals surface area contributed by atoms with Gasteiger partial charge < -0.3 is 15.4 Å². The van der Waals surface area contributed by atoms with Gasteiger partial charge in [0.25, 0.3) is 0 Å². The van der Waals surface area contributed by atoms with Crippen molar-refractivity contribution in [2.45, 2.75) is 50.3 Å². The Labute approximate surface area is 142 Å². The lowest BCUT2D eigenvalue weighted by Gasteiger charge is -2.24. The third-order valence-electron chi connectivity index (χ3n) is 5.15. The molecule has 4 nitrogen and oxygen atoms in total. The topological polar surface area (TPSA) is 50.4 Å². The van der Waals surface area contributed by atoms with Crippen LogP contribution in [0.1, 0.15) is 43.8 Å². The van der Waals surface area contributed by atoms with E-state index in [1.807, 2.05) is 24.3 Å². The molecule has 1 heterocycles. The first-order valence-electron chi connectivity index (χ1n) is 8.49. The molecule has 1 amide bonds. The smallest absolute Gasteiger partial charge is 0.237 e. The van der Waals surface area contributed by atoms with E-state index < -0.39 is 0 Å². The zero-order valence-corrected chi connectivity index (χ0v) is 14.3. The second-order valence-corrected chi connectivity index (χ2v) is 7.07. The lowest BCUT2D eigenvalue weighted by Crippen LogP contribution is -2.44. The summed E-state index contributed by atoms with van der Waals surface area (Å²) in [6, 6.07) is 8.05. The van der Waals surface area contributed by atoms with Crippen LogP contribution in [-0.4, -0.2) is 31.6 Å². The van der Waals surface area contributed by atoms with Crippen LogP contribution in [0.15, 0.2) is 24.3 Å². The monoisotopic (exact) mass is 336 g/mol. The quantitative estimate of drug-likeness (QED) is 0.868. The highest BCUT2D eigenvalue weighted by Crippen LogP contribution is 2.33. The van der Waals surface area contributed by atoms with Crippen LogP contribution in [-0.2, 0) is 9.53 Å². The number of carbonyl (C=O) groups excluding carboxylic acids is 1. The highest BCUT2D eigenvalue weighted by Gasteiger charge is 2.38. The molecule has 0 radical (unpaired) electrons. The number of amides is 1. The van der Waals surface area contributed by atoms with Gasteiger partial charge in [-0.25, -0.2) is 0 Å². The Kier molecular flexibility index (Phi) is 5.57. The van der Waals surface area contributed by atoms with Gasteiger partial charge in [0.1, 0.15) is 0 Å². The number of hydrogen-bond donors (Lipinski definition) is 2.